The summed E-state index contributed by atoms with van der Waals surface area (Å²) >= 11 is 0. The van der Waals surface area contributed by atoms with Crippen molar-refractivity contribution in [3.63, 3.8) is 0 Å². The second-order valence-corrected chi connectivity index (χ2v) is 25.4. The number of carbonyl (C=O) groups is 8. The van der Waals surface area contributed by atoms with Gasteiger partial charge in [-0.25, -0.2) is 14.2 Å². The minimum atomic E-state index is -2.00. The van der Waals surface area contributed by atoms with Gasteiger partial charge in [-0.3, -0.25) is 43.3 Å². The Morgan fingerprint density at radius 2 is 1.55 bits per heavy atom. The van der Waals surface area contributed by atoms with Crippen LogP contribution >= 0.6 is 0 Å². The number of nitrogens with zero attached hydrogens (tertiary/aromatic N) is 3. The molecular weight excluding hydrogens is 1200 g/mol. The van der Waals surface area contributed by atoms with E-state index in [2.05, 4.69) is 40.4 Å². The fourth-order valence-corrected chi connectivity index (χ4v) is 12.6. The first-order valence-corrected chi connectivity index (χ1v) is 32.6. The van der Waals surface area contributed by atoms with Gasteiger partial charge in [0.1, 0.15) is 55.6 Å². The zero-order valence-corrected chi connectivity index (χ0v) is 54.7. The summed E-state index contributed by atoms with van der Waals surface area (Å²) in [4.78, 5) is 127. The number of likely N-dealkylation sites (tertiary alicyclic amines) is 1. The average molecular weight is 1290 g/mol. The molecule has 5 heterocycles. The smallest absolute Gasteiger partial charge is 0.343 e. The van der Waals surface area contributed by atoms with Gasteiger partial charge in [-0.2, -0.15) is 0 Å². The maximum Gasteiger partial charge on any atom is 0.343 e. The number of nitrogens with one attached hydrogen (secondary N) is 5. The molecule has 510 valence electrons. The van der Waals surface area contributed by atoms with Crippen LogP contribution in [-0.4, -0.2) is 168 Å². The van der Waals surface area contributed by atoms with Crippen LogP contribution < -0.4 is 32.1 Å². The number of pyridine rings is 2. The number of hydrogen-bond acceptors (Lipinski definition) is 18. The molecule has 92 heavy (non-hydrogen) atoms. The van der Waals surface area contributed by atoms with Crippen LogP contribution in [0.25, 0.3) is 22.3 Å². The van der Waals surface area contributed by atoms with Gasteiger partial charge >= 0.3 is 5.97 Å². The molecule has 0 aliphatic carbocycles. The number of cyclic esters (lactones) is 1. The fourth-order valence-electron chi connectivity index (χ4n) is 12.6. The molecule has 10 atom stereocenters. The van der Waals surface area contributed by atoms with Gasteiger partial charge in [-0.05, 0) is 112 Å². The first kappa shape index (κ1) is 74.2. The number of aliphatic hydroxyl groups is 6. The maximum atomic E-state index is 15.7. The molecule has 3 aromatic rings. The normalized spacial score (nSPS) is 19.0. The van der Waals surface area contributed by atoms with Crippen LogP contribution in [0, 0.1) is 30.0 Å². The number of fused-ring (bicyclic) bond motifs is 5. The molecule has 0 saturated carbocycles. The molecule has 0 spiro atoms. The van der Waals surface area contributed by atoms with E-state index in [4.69, 9.17) is 19.6 Å². The van der Waals surface area contributed by atoms with E-state index >= 15 is 4.39 Å². The predicted octanol–water partition coefficient (Wildman–Crippen LogP) is 2.90. The van der Waals surface area contributed by atoms with Gasteiger partial charge in [0.2, 0.25) is 41.4 Å². The number of imide groups is 1. The van der Waals surface area contributed by atoms with E-state index in [-0.39, 0.29) is 93.0 Å². The third-order valence-electron chi connectivity index (χ3n) is 18.8. The van der Waals surface area contributed by atoms with Crippen molar-refractivity contribution >= 4 is 58.2 Å². The SMILES string of the molecule is CCCCCC(C)(CC)C1CC(=O)N(CCCCCC(=O)N[C@@H](CCC(=O)NC[C@H](O)[C@@H](O)[C@H](O)[C@H](O)CO)C(=O)N[C@H](C(=O)N[C@@H](C)C(=O)NCOCCCCc2c(C)c(F)cc3nc4c(c(CC)c23)Cn2c-4cc3c(c2=O)COC(=O)[C@]3(O)CC)C(C)C)C1=O. The second-order valence-electron chi connectivity index (χ2n) is 25.4. The van der Waals surface area contributed by atoms with E-state index in [0.717, 1.165) is 54.2 Å². The molecule has 11 N–H and O–H groups in total. The van der Waals surface area contributed by atoms with Gasteiger partial charge in [0.25, 0.3) is 5.56 Å². The lowest BCUT2D eigenvalue weighted by Crippen LogP contribution is -2.58. The van der Waals surface area contributed by atoms with Crippen molar-refractivity contribution in [2.75, 3.05) is 33.0 Å². The molecule has 2 unspecified atom stereocenters. The monoisotopic (exact) mass is 1290 g/mol. The molecule has 3 aliphatic heterocycles. The first-order valence-electron chi connectivity index (χ1n) is 32.6. The Morgan fingerprint density at radius 1 is 0.837 bits per heavy atom. The number of aryl methyl sites for hydroxylation is 2. The molecular formula is C66H97FN8O17. The lowest BCUT2D eigenvalue weighted by molar-refractivity contribution is -0.172. The summed E-state index contributed by atoms with van der Waals surface area (Å²) in [5.74, 6) is -6.12. The molecule has 2 aromatic heterocycles. The summed E-state index contributed by atoms with van der Waals surface area (Å²) in [6.07, 6.45) is -0.132. The Morgan fingerprint density at radius 3 is 2.22 bits per heavy atom. The van der Waals surface area contributed by atoms with Crippen LogP contribution in [0.3, 0.4) is 0 Å². The van der Waals surface area contributed by atoms with Crippen LogP contribution in [0.5, 0.6) is 0 Å². The van der Waals surface area contributed by atoms with Crippen molar-refractivity contribution in [1.29, 1.82) is 0 Å². The van der Waals surface area contributed by atoms with Gasteiger partial charge in [-0.1, -0.05) is 74.1 Å². The summed E-state index contributed by atoms with van der Waals surface area (Å²) in [5, 5.41) is 74.3. The van der Waals surface area contributed by atoms with Crippen molar-refractivity contribution in [2.24, 2.45) is 17.3 Å². The molecule has 7 amide bonds. The number of hydrogen-bond donors (Lipinski definition) is 11. The summed E-state index contributed by atoms with van der Waals surface area (Å²) in [6, 6.07) is -0.750. The van der Waals surface area contributed by atoms with Crippen molar-refractivity contribution in [1.82, 2.24) is 41.0 Å². The maximum absolute atomic E-state index is 15.7. The highest BCUT2D eigenvalue weighted by atomic mass is 19.1. The fraction of sp³-hybridized carbons (Fsp3) is 0.667. The van der Waals surface area contributed by atoms with Crippen LogP contribution in [0.2, 0.25) is 0 Å². The highest BCUT2D eigenvalue weighted by Crippen LogP contribution is 2.44. The topological polar surface area (TPSA) is 375 Å². The van der Waals surface area contributed by atoms with Crippen LogP contribution in [0.4, 0.5) is 4.39 Å². The minimum Gasteiger partial charge on any atom is -0.458 e. The molecule has 0 bridgehead atoms. The lowest BCUT2D eigenvalue weighted by Gasteiger charge is -2.33. The molecule has 26 heteroatoms. The van der Waals surface area contributed by atoms with E-state index in [0.29, 0.717) is 67.4 Å². The van der Waals surface area contributed by atoms with Gasteiger partial charge in [0, 0.05) is 61.5 Å². The molecule has 1 fully saturated rings. The number of esters is 1. The van der Waals surface area contributed by atoms with Crippen molar-refractivity contribution in [3.05, 3.63) is 61.7 Å². The second kappa shape index (κ2) is 33.3. The number of aromatic nitrogens is 2. The number of carbonyl (C=O) groups excluding carboxylic acids is 8. The summed E-state index contributed by atoms with van der Waals surface area (Å²) in [7, 11) is 0. The van der Waals surface area contributed by atoms with E-state index in [1.165, 1.54) is 17.9 Å². The Bertz CT molecular complexity index is 3230. The third kappa shape index (κ3) is 17.3. The molecule has 1 saturated heterocycles. The average Bonchev–Trinajstić information content (AvgIpc) is 1.50. The number of unbranched alkanes of at least 4 members (excludes halogenated alkanes) is 5. The predicted molar refractivity (Wildman–Crippen MR) is 336 cm³/mol. The van der Waals surface area contributed by atoms with Crippen molar-refractivity contribution < 1.29 is 82.9 Å². The molecule has 3 aliphatic rings. The third-order valence-corrected chi connectivity index (χ3v) is 18.8. The zero-order valence-electron chi connectivity index (χ0n) is 54.7. The minimum absolute atomic E-state index is 0.00986. The Kier molecular flexibility index (Phi) is 26.9. The van der Waals surface area contributed by atoms with Gasteiger partial charge < -0.3 is 71.3 Å². The molecule has 25 nitrogen and oxygen atoms in total. The van der Waals surface area contributed by atoms with Crippen molar-refractivity contribution in [3.8, 4) is 11.4 Å². The zero-order chi connectivity index (χ0) is 67.9. The number of ether oxygens (including phenoxy) is 2. The van der Waals surface area contributed by atoms with Crippen molar-refractivity contribution in [2.45, 2.75) is 233 Å². The molecule has 6 rings (SSSR count). The number of halogens is 1. The number of rotatable bonds is 37. The van der Waals surface area contributed by atoms with E-state index in [1.807, 2.05) is 13.8 Å². The highest BCUT2D eigenvalue weighted by molar-refractivity contribution is 6.04. The van der Waals surface area contributed by atoms with Crippen LogP contribution in [0.1, 0.15) is 185 Å². The van der Waals surface area contributed by atoms with E-state index in [9.17, 15) is 68.7 Å². The summed E-state index contributed by atoms with van der Waals surface area (Å²) in [6.45, 7) is 14.9. The largest absolute Gasteiger partial charge is 0.458 e. The van der Waals surface area contributed by atoms with E-state index in [1.54, 1.807) is 38.3 Å². The Balaban J connectivity index is 1.01. The van der Waals surface area contributed by atoms with Crippen LogP contribution in [-0.2, 0) is 79.4 Å². The summed E-state index contributed by atoms with van der Waals surface area (Å²) in [5.41, 5.74) is 1.93. The Hall–Kier alpha value is -6.81. The van der Waals surface area contributed by atoms with Gasteiger partial charge in [0.15, 0.2) is 5.60 Å². The van der Waals surface area contributed by atoms with Crippen LogP contribution in [0.15, 0.2) is 16.9 Å². The van der Waals surface area contributed by atoms with E-state index < -0.39 is 121 Å². The number of amides is 7. The van der Waals surface area contributed by atoms with Gasteiger partial charge in [-0.15, -0.1) is 0 Å². The van der Waals surface area contributed by atoms with Gasteiger partial charge in [0.05, 0.1) is 47.6 Å². The Labute approximate surface area is 536 Å². The highest BCUT2D eigenvalue weighted by Gasteiger charge is 2.48. The molecule has 1 aromatic carbocycles. The lowest BCUT2D eigenvalue weighted by atomic mass is 9.70. The number of benzene rings is 1. The standard InChI is InChI=1S/C66H97FN8O17/c1-10-14-18-25-65(9,12-3)44-29-53(81)74(63(44)88)26-19-15-16-22-52(80)71-46(23-24-51(79)68-31-49(77)57(82)58(83)50(78)33-76)60(85)73-55(36(5)6)61(86)70-38(8)59(84)69-35-91-27-20-17-21-40-37(7)45(67)30-47-54(40)39(11-2)41-32-75-48(56(41)72-47)28-43-42(62(75)87)34-92-64(89)66(43,90)13-4/h28,30,36,38,44,46,49-50,55,57-58,76-78,82-83,90H,10-27,29,31-35H2,1-9H3,(H,68,79)(H,69,84)(H,70,86)(H,71,80)(H,73,85)/t38-,44?,46-,49-,50+,55-,57+,58+,65?,66-/m0/s1. The quantitative estimate of drug-likeness (QED) is 0.0134. The number of aliphatic hydroxyl groups excluding tert-OH is 5. The first-order chi connectivity index (χ1) is 43.6. The summed E-state index contributed by atoms with van der Waals surface area (Å²) < 4.78 is 28.3. The molecule has 0 radical (unpaired) electrons.